The fourth-order valence-electron chi connectivity index (χ4n) is 7.02. The Kier molecular flexibility index (Phi) is 13.5. The standard InChI is InChI=1S/C34H58N2O10/c1-12-26-34(8,40)27-14-24(35-18-41-11)20(3)15-33(7,43-17-19(2)16-42-27)30(22(5)28(37)23(6)31(39)45-26)46-32-29(38)25(36(9)10)13-21(4)44-32/h20-23,25-27,29-30,32,38,40H,2,12-18H2,1,3-11H3/b35-24-/t20-,21-,22+,23-,25+,26-,27-,29-,30-,32+,33-,34-/m1/s1. The third kappa shape index (κ3) is 8.82. The molecule has 0 amide bonds. The average molecular weight is 655 g/mol. The number of cyclic esters (lactones) is 1. The molecule has 12 nitrogen and oxygen atoms in total. The van der Waals surface area contributed by atoms with Gasteiger partial charge in [0.15, 0.2) is 12.1 Å². The fourth-order valence-corrected chi connectivity index (χ4v) is 7.02. The smallest absolute Gasteiger partial charge is 0.316 e. The number of ether oxygens (including phenoxy) is 6. The molecule has 0 spiro atoms. The second-order valence-electron chi connectivity index (χ2n) is 14.1. The molecule has 0 radical (unpaired) electrons. The second kappa shape index (κ2) is 16.1. The maximum absolute atomic E-state index is 14.1. The van der Waals surface area contributed by atoms with Crippen molar-refractivity contribution in [3.05, 3.63) is 12.2 Å². The van der Waals surface area contributed by atoms with E-state index in [0.717, 1.165) is 0 Å². The van der Waals surface area contributed by atoms with Crippen LogP contribution in [0.15, 0.2) is 17.1 Å². The van der Waals surface area contributed by atoms with Gasteiger partial charge < -0.3 is 43.5 Å². The van der Waals surface area contributed by atoms with Crippen molar-refractivity contribution in [2.75, 3.05) is 41.1 Å². The number of ketones is 1. The van der Waals surface area contributed by atoms with E-state index in [0.29, 0.717) is 24.1 Å². The molecule has 0 unspecified atom stereocenters. The van der Waals surface area contributed by atoms with Gasteiger partial charge in [-0.2, -0.15) is 0 Å². The van der Waals surface area contributed by atoms with Gasteiger partial charge in [0.1, 0.15) is 30.5 Å². The van der Waals surface area contributed by atoms with Crippen LogP contribution < -0.4 is 0 Å². The van der Waals surface area contributed by atoms with E-state index in [1.807, 2.05) is 39.8 Å². The maximum atomic E-state index is 14.1. The summed E-state index contributed by atoms with van der Waals surface area (Å²) in [6, 6.07) is -0.243. The number of aliphatic imine (C=N–C) groups is 1. The van der Waals surface area contributed by atoms with Crippen molar-refractivity contribution < 1.29 is 48.2 Å². The van der Waals surface area contributed by atoms with Gasteiger partial charge in [-0.3, -0.25) is 14.6 Å². The lowest BCUT2D eigenvalue weighted by Gasteiger charge is -2.47. The number of fused-ring (bicyclic) bond motifs is 5. The largest absolute Gasteiger partial charge is 0.459 e. The van der Waals surface area contributed by atoms with E-state index in [-0.39, 0.29) is 50.8 Å². The van der Waals surface area contributed by atoms with Crippen molar-refractivity contribution >= 4 is 17.5 Å². The van der Waals surface area contributed by atoms with Crippen LogP contribution in [0.5, 0.6) is 0 Å². The van der Waals surface area contributed by atoms with Crippen molar-refractivity contribution in [1.29, 1.82) is 0 Å². The Morgan fingerprint density at radius 1 is 1.13 bits per heavy atom. The van der Waals surface area contributed by atoms with E-state index in [2.05, 4.69) is 6.58 Å². The van der Waals surface area contributed by atoms with Gasteiger partial charge in [-0.25, -0.2) is 0 Å². The molecular formula is C34H58N2O10. The zero-order chi connectivity index (χ0) is 34.6. The Morgan fingerprint density at radius 3 is 2.41 bits per heavy atom. The Labute approximate surface area is 274 Å². The number of rotatable bonds is 6. The lowest BCUT2D eigenvalue weighted by molar-refractivity contribution is -0.296. The average Bonchev–Trinajstić information content (AvgIpc) is 3.01. The molecule has 3 fully saturated rings. The number of hydrogen-bond donors (Lipinski definition) is 2. The number of methoxy groups -OCH3 is 1. The molecular weight excluding hydrogens is 596 g/mol. The first-order valence-corrected chi connectivity index (χ1v) is 16.5. The highest BCUT2D eigenvalue weighted by Crippen LogP contribution is 2.39. The molecule has 3 aliphatic rings. The highest BCUT2D eigenvalue weighted by Gasteiger charge is 2.51. The zero-order valence-electron chi connectivity index (χ0n) is 29.5. The molecule has 0 saturated carbocycles. The van der Waals surface area contributed by atoms with Gasteiger partial charge >= 0.3 is 5.97 Å². The zero-order valence-corrected chi connectivity index (χ0v) is 29.5. The third-order valence-electron chi connectivity index (χ3n) is 9.94. The number of carbonyl (C=O) groups is 2. The number of hydrogen-bond acceptors (Lipinski definition) is 12. The predicted octanol–water partition coefficient (Wildman–Crippen LogP) is 2.92. The Bertz CT molecular complexity index is 1100. The number of likely N-dealkylation sites (N-methyl/N-ethyl adjacent to an activating group) is 1. The molecule has 2 bridgehead atoms. The summed E-state index contributed by atoms with van der Waals surface area (Å²) in [6.07, 6.45) is -3.63. The van der Waals surface area contributed by atoms with Gasteiger partial charge in [-0.15, -0.1) is 0 Å². The number of aliphatic hydroxyl groups excluding tert-OH is 1. The lowest BCUT2D eigenvalue weighted by atomic mass is 9.76. The van der Waals surface area contributed by atoms with Gasteiger partial charge in [0.05, 0.1) is 37.1 Å². The SMILES string of the molecule is C=C1CO[C@@H]2C/C(=N/COC)[C@H](C)C[C@@](C)(OC1)[C@H](O[C@@H]1O[C@H](C)C[C@H](N(C)C)[C@H]1O)[C@@H](C)C(=O)[C@@H](C)C(=O)O[C@H](CC)[C@@]2(C)O. The van der Waals surface area contributed by atoms with Crippen LogP contribution in [0.25, 0.3) is 0 Å². The molecule has 2 N–H and O–H groups in total. The van der Waals surface area contributed by atoms with Gasteiger partial charge in [-0.05, 0) is 72.5 Å². The number of nitrogens with zero attached hydrogens (tertiary/aromatic N) is 2. The molecule has 0 aromatic carbocycles. The van der Waals surface area contributed by atoms with Crippen LogP contribution in [0, 0.1) is 17.8 Å². The molecule has 12 heteroatoms. The summed E-state index contributed by atoms with van der Waals surface area (Å²) in [5.41, 5.74) is -1.48. The normalized spacial score (nSPS) is 43.2. The summed E-state index contributed by atoms with van der Waals surface area (Å²) in [4.78, 5) is 34.4. The van der Waals surface area contributed by atoms with Crippen molar-refractivity contribution in [2.24, 2.45) is 22.7 Å². The summed E-state index contributed by atoms with van der Waals surface area (Å²) in [6.45, 7) is 16.8. The molecule has 264 valence electrons. The van der Waals surface area contributed by atoms with Crippen LogP contribution in [-0.4, -0.2) is 128 Å². The van der Waals surface area contributed by atoms with Gasteiger partial charge in [-0.1, -0.05) is 27.4 Å². The molecule has 3 heterocycles. The summed E-state index contributed by atoms with van der Waals surface area (Å²) in [7, 11) is 5.34. The maximum Gasteiger partial charge on any atom is 0.316 e. The van der Waals surface area contributed by atoms with E-state index >= 15 is 0 Å². The minimum absolute atomic E-state index is 0.0656. The minimum Gasteiger partial charge on any atom is -0.459 e. The van der Waals surface area contributed by atoms with Crippen molar-refractivity contribution in [1.82, 2.24) is 4.90 Å². The first-order chi connectivity index (χ1) is 21.5. The molecule has 12 atom stereocenters. The van der Waals surface area contributed by atoms with Crippen LogP contribution in [0.1, 0.15) is 74.1 Å². The minimum atomic E-state index is -1.63. The molecule has 3 saturated heterocycles. The van der Waals surface area contributed by atoms with E-state index in [9.17, 15) is 19.8 Å². The number of Topliss-reactive ketones (excluding diaryl/α,β-unsaturated/α-hetero) is 1. The van der Waals surface area contributed by atoms with Crippen LogP contribution in [-0.2, 0) is 38.0 Å². The molecule has 0 aromatic rings. The van der Waals surface area contributed by atoms with E-state index in [1.54, 1.807) is 27.9 Å². The number of carbonyl (C=O) groups excluding carboxylic acids is 2. The van der Waals surface area contributed by atoms with E-state index < -0.39 is 65.5 Å². The third-order valence-corrected chi connectivity index (χ3v) is 9.94. The summed E-state index contributed by atoms with van der Waals surface area (Å²) < 4.78 is 37.0. The van der Waals surface area contributed by atoms with Crippen LogP contribution in [0.4, 0.5) is 0 Å². The quantitative estimate of drug-likeness (QED) is 0.248. The van der Waals surface area contributed by atoms with E-state index in [4.69, 9.17) is 33.4 Å². The van der Waals surface area contributed by atoms with Crippen LogP contribution in [0.3, 0.4) is 0 Å². The first kappa shape index (κ1) is 38.7. The van der Waals surface area contributed by atoms with Crippen LogP contribution in [0.2, 0.25) is 0 Å². The fraction of sp³-hybridized carbons (Fsp3) is 0.853. The van der Waals surface area contributed by atoms with Crippen molar-refractivity contribution in [3.63, 3.8) is 0 Å². The number of esters is 1. The Hall–Kier alpha value is -1.77. The highest BCUT2D eigenvalue weighted by molar-refractivity contribution is 6.00. The van der Waals surface area contributed by atoms with Crippen molar-refractivity contribution in [2.45, 2.75) is 128 Å². The summed E-state index contributed by atoms with van der Waals surface area (Å²) in [5.74, 6) is -3.48. The Balaban J connectivity index is 2.22. The Morgan fingerprint density at radius 2 is 1.80 bits per heavy atom. The summed E-state index contributed by atoms with van der Waals surface area (Å²) >= 11 is 0. The molecule has 3 rings (SSSR count). The molecule has 46 heavy (non-hydrogen) atoms. The molecule has 0 aromatic heterocycles. The molecule has 3 aliphatic heterocycles. The lowest BCUT2D eigenvalue weighted by Crippen LogP contribution is -2.59. The second-order valence-corrected chi connectivity index (χ2v) is 14.1. The van der Waals surface area contributed by atoms with Crippen LogP contribution >= 0.6 is 0 Å². The van der Waals surface area contributed by atoms with Gasteiger partial charge in [0.2, 0.25) is 0 Å². The van der Waals surface area contributed by atoms with E-state index in [1.165, 1.54) is 6.92 Å². The number of aliphatic hydroxyl groups is 2. The van der Waals surface area contributed by atoms with Gasteiger partial charge in [0, 0.05) is 31.2 Å². The van der Waals surface area contributed by atoms with Gasteiger partial charge in [0.25, 0.3) is 0 Å². The van der Waals surface area contributed by atoms with Crippen molar-refractivity contribution in [3.8, 4) is 0 Å². The topological polar surface area (TPSA) is 146 Å². The predicted molar refractivity (Wildman–Crippen MR) is 172 cm³/mol. The first-order valence-electron chi connectivity index (χ1n) is 16.5. The molecule has 0 aliphatic carbocycles. The summed E-state index contributed by atoms with van der Waals surface area (Å²) in [5, 5.41) is 23.4. The highest BCUT2D eigenvalue weighted by atomic mass is 16.7. The monoisotopic (exact) mass is 654 g/mol.